The van der Waals surface area contributed by atoms with E-state index in [2.05, 4.69) is 5.10 Å². The summed E-state index contributed by atoms with van der Waals surface area (Å²) in [6, 6.07) is 13.6. The van der Waals surface area contributed by atoms with Gasteiger partial charge in [-0.15, -0.1) is 0 Å². The molecule has 9 nitrogen and oxygen atoms in total. The molecule has 33 heavy (non-hydrogen) atoms. The van der Waals surface area contributed by atoms with E-state index in [9.17, 15) is 13.2 Å². The first-order chi connectivity index (χ1) is 15.7. The van der Waals surface area contributed by atoms with Crippen molar-refractivity contribution in [2.45, 2.75) is 31.6 Å². The van der Waals surface area contributed by atoms with Gasteiger partial charge in [0, 0.05) is 23.2 Å². The number of nitrogens with two attached hydrogens (primary N) is 1. The van der Waals surface area contributed by atoms with Crippen LogP contribution in [0.25, 0.3) is 16.6 Å². The topological polar surface area (TPSA) is 126 Å². The lowest BCUT2D eigenvalue weighted by molar-refractivity contribution is -0.144. The fourth-order valence-corrected chi connectivity index (χ4v) is 4.19. The van der Waals surface area contributed by atoms with Crippen molar-refractivity contribution in [3.8, 4) is 5.75 Å². The van der Waals surface area contributed by atoms with Crippen molar-refractivity contribution in [1.82, 2.24) is 14.6 Å². The van der Waals surface area contributed by atoms with E-state index in [-0.39, 0.29) is 30.5 Å². The minimum Gasteiger partial charge on any atom is -0.490 e. The Morgan fingerprint density at radius 2 is 1.79 bits per heavy atom. The number of aryl methyl sites for hydroxylation is 2. The van der Waals surface area contributed by atoms with E-state index < -0.39 is 10.0 Å². The van der Waals surface area contributed by atoms with Crippen molar-refractivity contribution in [1.29, 1.82) is 0 Å². The maximum Gasteiger partial charge on any atom is 0.306 e. The first-order valence-electron chi connectivity index (χ1n) is 10.4. The van der Waals surface area contributed by atoms with E-state index in [0.717, 1.165) is 33.5 Å². The lowest BCUT2D eigenvalue weighted by Crippen LogP contribution is -2.14. The molecule has 0 amide bonds. The smallest absolute Gasteiger partial charge is 0.306 e. The molecule has 0 atom stereocenters. The number of esters is 1. The number of sulfonamides is 1. The molecule has 0 aliphatic rings. The molecule has 172 valence electrons. The van der Waals surface area contributed by atoms with Gasteiger partial charge in [-0.3, -0.25) is 4.79 Å². The Bertz CT molecular complexity index is 1430. The molecule has 0 unspecified atom stereocenters. The van der Waals surface area contributed by atoms with Crippen LogP contribution in [0, 0.1) is 13.8 Å². The van der Waals surface area contributed by atoms with Crippen molar-refractivity contribution < 1.29 is 22.7 Å². The largest absolute Gasteiger partial charge is 0.490 e. The zero-order valence-electron chi connectivity index (χ0n) is 18.3. The number of nitrogens with zero attached hydrogens (tertiary/aromatic N) is 3. The summed E-state index contributed by atoms with van der Waals surface area (Å²) in [5.74, 6) is 0.114. The van der Waals surface area contributed by atoms with Gasteiger partial charge < -0.3 is 9.47 Å². The normalized spacial score (nSPS) is 11.7. The highest BCUT2D eigenvalue weighted by atomic mass is 32.2. The van der Waals surface area contributed by atoms with E-state index in [1.165, 1.54) is 24.3 Å². The van der Waals surface area contributed by atoms with E-state index in [0.29, 0.717) is 12.2 Å². The summed E-state index contributed by atoms with van der Waals surface area (Å²) in [6.45, 7) is 4.13. The van der Waals surface area contributed by atoms with Crippen LogP contribution in [-0.4, -0.2) is 42.2 Å². The summed E-state index contributed by atoms with van der Waals surface area (Å²) in [5.41, 5.74) is 4.47. The van der Waals surface area contributed by atoms with E-state index in [4.69, 9.17) is 19.6 Å². The molecule has 0 radical (unpaired) electrons. The maximum absolute atomic E-state index is 12.2. The Labute approximate surface area is 191 Å². The van der Waals surface area contributed by atoms with Crippen molar-refractivity contribution in [3.05, 3.63) is 65.5 Å². The van der Waals surface area contributed by atoms with Gasteiger partial charge in [-0.1, -0.05) is 12.1 Å². The highest BCUT2D eigenvalue weighted by molar-refractivity contribution is 7.89. The minimum atomic E-state index is -3.75. The molecule has 2 aromatic heterocycles. The maximum atomic E-state index is 12.2. The molecule has 4 rings (SSSR count). The number of aromatic nitrogens is 3. The first-order valence-corrected chi connectivity index (χ1v) is 11.9. The van der Waals surface area contributed by atoms with Crippen LogP contribution < -0.4 is 9.88 Å². The van der Waals surface area contributed by atoms with Gasteiger partial charge in [-0.2, -0.15) is 5.10 Å². The Morgan fingerprint density at radius 1 is 1.06 bits per heavy atom. The van der Waals surface area contributed by atoms with Gasteiger partial charge in [0.15, 0.2) is 5.65 Å². The SMILES string of the molecule is Cc1nc2c3ccccc3nn2c(C)c1CCC(=O)OCCOc1ccc(S(N)(=O)=O)cc1. The summed E-state index contributed by atoms with van der Waals surface area (Å²) in [5, 5.41) is 10.7. The van der Waals surface area contributed by atoms with Gasteiger partial charge in [0.25, 0.3) is 0 Å². The van der Waals surface area contributed by atoms with Crippen LogP contribution in [0.4, 0.5) is 0 Å². The predicted octanol–water partition coefficient (Wildman–Crippen LogP) is 2.70. The second-order valence-corrected chi connectivity index (χ2v) is 9.16. The molecule has 2 N–H and O–H groups in total. The Kier molecular flexibility index (Phi) is 6.30. The highest BCUT2D eigenvalue weighted by Crippen LogP contribution is 2.23. The Hall–Kier alpha value is -3.50. The fraction of sp³-hybridized carbons (Fsp3) is 0.261. The van der Waals surface area contributed by atoms with Gasteiger partial charge >= 0.3 is 5.97 Å². The van der Waals surface area contributed by atoms with E-state index in [1.54, 1.807) is 0 Å². The van der Waals surface area contributed by atoms with Crippen molar-refractivity contribution in [2.24, 2.45) is 5.14 Å². The number of ether oxygens (including phenoxy) is 2. The number of benzene rings is 2. The minimum absolute atomic E-state index is 0.00255. The van der Waals surface area contributed by atoms with Crippen LogP contribution in [0.5, 0.6) is 5.75 Å². The molecule has 10 heteroatoms. The van der Waals surface area contributed by atoms with Crippen LogP contribution in [0.1, 0.15) is 23.4 Å². The van der Waals surface area contributed by atoms with Crippen LogP contribution >= 0.6 is 0 Å². The zero-order chi connectivity index (χ0) is 23.6. The van der Waals surface area contributed by atoms with Gasteiger partial charge in [0.05, 0.1) is 10.4 Å². The zero-order valence-corrected chi connectivity index (χ0v) is 19.1. The third kappa shape index (κ3) is 4.96. The highest BCUT2D eigenvalue weighted by Gasteiger charge is 2.15. The summed E-state index contributed by atoms with van der Waals surface area (Å²) in [4.78, 5) is 16.9. The molecule has 0 aliphatic carbocycles. The second-order valence-electron chi connectivity index (χ2n) is 7.60. The lowest BCUT2D eigenvalue weighted by Gasteiger charge is -2.11. The number of primary sulfonamides is 1. The second kappa shape index (κ2) is 9.16. The molecule has 0 bridgehead atoms. The molecular weight excluding hydrogens is 444 g/mol. The predicted molar refractivity (Wildman–Crippen MR) is 123 cm³/mol. The molecule has 0 spiro atoms. The van der Waals surface area contributed by atoms with Crippen molar-refractivity contribution in [3.63, 3.8) is 0 Å². The number of rotatable bonds is 8. The average molecular weight is 469 g/mol. The standard InChI is InChI=1S/C23H24N4O5S/c1-15-19(16(2)27-23(25-15)20-5-3-4-6-21(20)26-27)11-12-22(28)32-14-13-31-17-7-9-18(10-8-17)33(24,29)30/h3-10H,11-14H2,1-2H3,(H2,24,29,30). The van der Waals surface area contributed by atoms with Gasteiger partial charge in [-0.05, 0) is 62.2 Å². The summed E-state index contributed by atoms with van der Waals surface area (Å²) in [7, 11) is -3.75. The number of carbonyl (C=O) groups excluding carboxylic acids is 1. The molecule has 4 aromatic rings. The molecule has 2 heterocycles. The molecule has 0 aliphatic heterocycles. The Morgan fingerprint density at radius 3 is 2.52 bits per heavy atom. The summed E-state index contributed by atoms with van der Waals surface area (Å²) >= 11 is 0. The van der Waals surface area contributed by atoms with Gasteiger partial charge in [-0.25, -0.2) is 23.1 Å². The summed E-state index contributed by atoms with van der Waals surface area (Å²) < 4.78 is 35.1. The quantitative estimate of drug-likeness (QED) is 0.311. The van der Waals surface area contributed by atoms with Gasteiger partial charge in [0.1, 0.15) is 19.0 Å². The third-order valence-electron chi connectivity index (χ3n) is 5.36. The van der Waals surface area contributed by atoms with Crippen molar-refractivity contribution >= 4 is 32.5 Å². The number of hydrogen-bond donors (Lipinski definition) is 1. The van der Waals surface area contributed by atoms with Crippen LogP contribution in [-0.2, 0) is 26.0 Å². The van der Waals surface area contributed by atoms with E-state index in [1.807, 2.05) is 42.6 Å². The molecular formula is C23H24N4O5S. The van der Waals surface area contributed by atoms with Crippen molar-refractivity contribution in [2.75, 3.05) is 13.2 Å². The monoisotopic (exact) mass is 468 g/mol. The summed E-state index contributed by atoms with van der Waals surface area (Å²) in [6.07, 6.45) is 0.699. The van der Waals surface area contributed by atoms with Gasteiger partial charge in [0.2, 0.25) is 10.0 Å². The van der Waals surface area contributed by atoms with Crippen LogP contribution in [0.2, 0.25) is 0 Å². The average Bonchev–Trinajstić information content (AvgIpc) is 3.15. The Balaban J connectivity index is 1.31. The number of carbonyl (C=O) groups is 1. The van der Waals surface area contributed by atoms with Crippen LogP contribution in [0.15, 0.2) is 53.4 Å². The van der Waals surface area contributed by atoms with Crippen LogP contribution in [0.3, 0.4) is 0 Å². The molecule has 2 aromatic carbocycles. The molecule has 0 saturated carbocycles. The first kappa shape index (κ1) is 22.7. The molecule has 0 fully saturated rings. The lowest BCUT2D eigenvalue weighted by atomic mass is 10.1. The molecule has 0 saturated heterocycles. The number of hydrogen-bond acceptors (Lipinski definition) is 7. The van der Waals surface area contributed by atoms with E-state index >= 15 is 0 Å². The number of fused-ring (bicyclic) bond motifs is 3. The third-order valence-corrected chi connectivity index (χ3v) is 6.29. The fourth-order valence-electron chi connectivity index (χ4n) is 3.68.